The standard InChI is InChI=1S/C16H20N2O3/c1-9(2)10-4-3-5-11-12(10)8-18(16(11)21)13-6-7-14(19)17-15(13)20/h3-5,9,13,16,21H,6-8H2,1-2H3,(H,17,19,20). The molecule has 3 rings (SSSR count). The summed E-state index contributed by atoms with van der Waals surface area (Å²) in [5.74, 6) is -0.164. The summed E-state index contributed by atoms with van der Waals surface area (Å²) in [5.41, 5.74) is 3.21. The summed E-state index contributed by atoms with van der Waals surface area (Å²) in [7, 11) is 0. The average Bonchev–Trinajstić information content (AvgIpc) is 2.76. The van der Waals surface area contributed by atoms with Crippen LogP contribution in [0.1, 0.15) is 55.5 Å². The fraction of sp³-hybridized carbons (Fsp3) is 0.500. The molecule has 2 heterocycles. The molecule has 0 aliphatic carbocycles. The Morgan fingerprint density at radius 3 is 2.76 bits per heavy atom. The Hall–Kier alpha value is -1.72. The van der Waals surface area contributed by atoms with E-state index >= 15 is 0 Å². The van der Waals surface area contributed by atoms with Gasteiger partial charge in [-0.15, -0.1) is 0 Å². The number of fused-ring (bicyclic) bond motifs is 1. The van der Waals surface area contributed by atoms with Gasteiger partial charge in [-0.25, -0.2) is 0 Å². The molecule has 0 saturated carbocycles. The van der Waals surface area contributed by atoms with Gasteiger partial charge < -0.3 is 5.11 Å². The van der Waals surface area contributed by atoms with E-state index in [1.165, 1.54) is 5.56 Å². The molecular formula is C16H20N2O3. The minimum absolute atomic E-state index is 0.231. The molecule has 2 amide bonds. The van der Waals surface area contributed by atoms with E-state index in [1.807, 2.05) is 12.1 Å². The van der Waals surface area contributed by atoms with Crippen molar-refractivity contribution in [3.63, 3.8) is 0 Å². The second-order valence-corrected chi connectivity index (χ2v) is 6.08. The van der Waals surface area contributed by atoms with Crippen LogP contribution in [0.5, 0.6) is 0 Å². The van der Waals surface area contributed by atoms with Gasteiger partial charge >= 0.3 is 0 Å². The molecule has 2 N–H and O–H groups in total. The normalized spacial score (nSPS) is 26.1. The van der Waals surface area contributed by atoms with Crippen LogP contribution in [0.15, 0.2) is 18.2 Å². The molecule has 5 heteroatoms. The van der Waals surface area contributed by atoms with Crippen molar-refractivity contribution in [2.45, 2.75) is 51.4 Å². The molecule has 1 saturated heterocycles. The van der Waals surface area contributed by atoms with Gasteiger partial charge in [0, 0.05) is 18.5 Å². The number of nitrogens with zero attached hydrogens (tertiary/aromatic N) is 1. The Morgan fingerprint density at radius 2 is 2.10 bits per heavy atom. The Kier molecular flexibility index (Phi) is 3.55. The van der Waals surface area contributed by atoms with Crippen LogP contribution in [0.25, 0.3) is 0 Å². The third-order valence-corrected chi connectivity index (χ3v) is 4.41. The SMILES string of the molecule is CC(C)c1cccc2c1CN(C1CCC(=O)NC1=O)C2O. The van der Waals surface area contributed by atoms with Crippen LogP contribution in [0.2, 0.25) is 0 Å². The van der Waals surface area contributed by atoms with Gasteiger partial charge in [-0.3, -0.25) is 19.8 Å². The maximum atomic E-state index is 12.0. The number of aliphatic hydroxyl groups is 1. The minimum Gasteiger partial charge on any atom is -0.374 e. The number of carbonyl (C=O) groups is 2. The van der Waals surface area contributed by atoms with Gasteiger partial charge in [0.05, 0.1) is 6.04 Å². The lowest BCUT2D eigenvalue weighted by atomic mass is 9.95. The van der Waals surface area contributed by atoms with E-state index in [-0.39, 0.29) is 11.8 Å². The number of imide groups is 1. The number of nitrogens with one attached hydrogen (secondary N) is 1. The Bertz CT molecular complexity index is 597. The summed E-state index contributed by atoms with van der Waals surface area (Å²) in [6, 6.07) is 5.50. The van der Waals surface area contributed by atoms with Crippen LogP contribution < -0.4 is 5.32 Å². The van der Waals surface area contributed by atoms with Crippen molar-refractivity contribution < 1.29 is 14.7 Å². The minimum atomic E-state index is -0.775. The average molecular weight is 288 g/mol. The van der Waals surface area contributed by atoms with Gasteiger partial charge in [-0.05, 0) is 23.5 Å². The number of carbonyl (C=O) groups excluding carboxylic acids is 2. The third kappa shape index (κ3) is 2.36. The van der Waals surface area contributed by atoms with E-state index in [4.69, 9.17) is 0 Å². The van der Waals surface area contributed by atoms with Gasteiger partial charge in [0.1, 0.15) is 6.23 Å². The number of benzene rings is 1. The van der Waals surface area contributed by atoms with Crippen LogP contribution >= 0.6 is 0 Å². The van der Waals surface area contributed by atoms with E-state index in [1.54, 1.807) is 4.90 Å². The quantitative estimate of drug-likeness (QED) is 0.808. The Labute approximate surface area is 123 Å². The van der Waals surface area contributed by atoms with E-state index in [2.05, 4.69) is 25.2 Å². The number of hydrogen-bond acceptors (Lipinski definition) is 4. The van der Waals surface area contributed by atoms with Crippen molar-refractivity contribution in [2.75, 3.05) is 0 Å². The fourth-order valence-corrected chi connectivity index (χ4v) is 3.32. The summed E-state index contributed by atoms with van der Waals surface area (Å²) in [6.45, 7) is 4.80. The molecule has 2 aliphatic rings. The summed E-state index contributed by atoms with van der Waals surface area (Å²) in [4.78, 5) is 25.1. The first-order valence-corrected chi connectivity index (χ1v) is 7.38. The van der Waals surface area contributed by atoms with Crippen molar-refractivity contribution in [3.8, 4) is 0 Å². The van der Waals surface area contributed by atoms with Gasteiger partial charge in [0.15, 0.2) is 0 Å². The molecule has 0 aromatic heterocycles. The van der Waals surface area contributed by atoms with Gasteiger partial charge in [0.2, 0.25) is 11.8 Å². The molecule has 5 nitrogen and oxygen atoms in total. The van der Waals surface area contributed by atoms with Crippen molar-refractivity contribution in [1.29, 1.82) is 0 Å². The first-order chi connectivity index (χ1) is 9.99. The van der Waals surface area contributed by atoms with Crippen molar-refractivity contribution in [3.05, 3.63) is 34.9 Å². The monoisotopic (exact) mass is 288 g/mol. The van der Waals surface area contributed by atoms with Crippen LogP contribution in [-0.4, -0.2) is 27.9 Å². The lowest BCUT2D eigenvalue weighted by Crippen LogP contribution is -2.51. The molecule has 1 fully saturated rings. The molecule has 21 heavy (non-hydrogen) atoms. The largest absolute Gasteiger partial charge is 0.374 e. The summed E-state index contributed by atoms with van der Waals surface area (Å²) < 4.78 is 0. The highest BCUT2D eigenvalue weighted by Crippen LogP contribution is 2.38. The number of aliphatic hydroxyl groups excluding tert-OH is 1. The van der Waals surface area contributed by atoms with Crippen molar-refractivity contribution >= 4 is 11.8 Å². The zero-order valence-electron chi connectivity index (χ0n) is 12.3. The van der Waals surface area contributed by atoms with E-state index < -0.39 is 12.3 Å². The van der Waals surface area contributed by atoms with Crippen LogP contribution in [0.3, 0.4) is 0 Å². The Balaban J connectivity index is 1.90. The zero-order valence-corrected chi connectivity index (χ0v) is 12.3. The first-order valence-electron chi connectivity index (χ1n) is 7.38. The zero-order chi connectivity index (χ0) is 15.1. The van der Waals surface area contributed by atoms with E-state index in [0.717, 1.165) is 11.1 Å². The maximum Gasteiger partial charge on any atom is 0.244 e. The molecular weight excluding hydrogens is 268 g/mol. The van der Waals surface area contributed by atoms with Crippen LogP contribution in [0.4, 0.5) is 0 Å². The Morgan fingerprint density at radius 1 is 1.33 bits per heavy atom. The second-order valence-electron chi connectivity index (χ2n) is 6.08. The van der Waals surface area contributed by atoms with Crippen molar-refractivity contribution in [2.24, 2.45) is 0 Å². The molecule has 1 aromatic rings. The summed E-state index contributed by atoms with van der Waals surface area (Å²) in [5, 5.41) is 12.9. The van der Waals surface area contributed by atoms with E-state index in [0.29, 0.717) is 25.3 Å². The summed E-state index contributed by atoms with van der Waals surface area (Å²) >= 11 is 0. The maximum absolute atomic E-state index is 12.0. The van der Waals surface area contributed by atoms with Gasteiger partial charge in [-0.1, -0.05) is 32.0 Å². The van der Waals surface area contributed by atoms with Crippen molar-refractivity contribution in [1.82, 2.24) is 10.2 Å². The van der Waals surface area contributed by atoms with Crippen LogP contribution in [-0.2, 0) is 16.1 Å². The highest BCUT2D eigenvalue weighted by atomic mass is 16.3. The molecule has 0 bridgehead atoms. The van der Waals surface area contributed by atoms with Gasteiger partial charge in [0.25, 0.3) is 0 Å². The highest BCUT2D eigenvalue weighted by Gasteiger charge is 2.40. The first kappa shape index (κ1) is 14.2. The van der Waals surface area contributed by atoms with Gasteiger partial charge in [-0.2, -0.15) is 0 Å². The molecule has 0 spiro atoms. The topological polar surface area (TPSA) is 69.6 Å². The van der Waals surface area contributed by atoms with E-state index in [9.17, 15) is 14.7 Å². The lowest BCUT2D eigenvalue weighted by molar-refractivity contribution is -0.141. The molecule has 112 valence electrons. The molecule has 2 atom stereocenters. The smallest absolute Gasteiger partial charge is 0.244 e. The number of amides is 2. The number of hydrogen-bond donors (Lipinski definition) is 2. The highest BCUT2D eigenvalue weighted by molar-refractivity contribution is 6.00. The second kappa shape index (κ2) is 5.24. The van der Waals surface area contributed by atoms with Crippen LogP contribution in [0, 0.1) is 0 Å². The predicted molar refractivity (Wildman–Crippen MR) is 77.2 cm³/mol. The summed E-state index contributed by atoms with van der Waals surface area (Å²) in [6.07, 6.45) is 0.0161. The lowest BCUT2D eigenvalue weighted by Gasteiger charge is -2.31. The molecule has 2 unspecified atom stereocenters. The molecule has 2 aliphatic heterocycles. The predicted octanol–water partition coefficient (Wildman–Crippen LogP) is 1.42. The number of rotatable bonds is 2. The fourth-order valence-electron chi connectivity index (χ4n) is 3.32. The third-order valence-electron chi connectivity index (χ3n) is 4.41. The molecule has 1 aromatic carbocycles. The molecule has 0 radical (unpaired) electrons. The number of piperidine rings is 1.